The smallest absolute Gasteiger partial charge is 0.187 e. The summed E-state index contributed by atoms with van der Waals surface area (Å²) in [4.78, 5) is 25.8. The van der Waals surface area contributed by atoms with Crippen LogP contribution in [0.4, 0.5) is 0 Å². The number of aromatic nitrogens is 1. The van der Waals surface area contributed by atoms with Crippen LogP contribution in [-0.2, 0) is 0 Å². The molecular weight excluding hydrogens is 254 g/mol. The number of ketones is 1. The topological polar surface area (TPSA) is 73.0 Å². The van der Waals surface area contributed by atoms with Gasteiger partial charge in [0.05, 0.1) is 11.7 Å². The van der Waals surface area contributed by atoms with Gasteiger partial charge >= 0.3 is 0 Å². The Hall–Kier alpha value is -2.62. The van der Waals surface area contributed by atoms with Crippen LogP contribution in [0.3, 0.4) is 0 Å². The van der Waals surface area contributed by atoms with Gasteiger partial charge in [0.1, 0.15) is 0 Å². The van der Waals surface area contributed by atoms with Crippen molar-refractivity contribution in [1.29, 1.82) is 0 Å². The molecule has 4 nitrogen and oxygen atoms in total. The van der Waals surface area contributed by atoms with Crippen LogP contribution < -0.4 is 5.11 Å². The summed E-state index contributed by atoms with van der Waals surface area (Å²) in [5.74, 6) is -1.54. The molecule has 0 fully saturated rings. The molecule has 4 heteroatoms. The number of nitrogens with one attached hydrogen (secondary N) is 1. The molecule has 0 unspecified atom stereocenters. The molecule has 1 heterocycles. The second-order valence-corrected chi connectivity index (χ2v) is 4.52. The second kappa shape index (κ2) is 5.57. The lowest BCUT2D eigenvalue weighted by molar-refractivity contribution is -0.255. The molecule has 2 rings (SSSR count). The molecule has 0 atom stereocenters. The Balaban J connectivity index is 2.31. The number of allylic oxidation sites excluding steroid dienone is 1. The maximum atomic E-state index is 12.2. The van der Waals surface area contributed by atoms with Gasteiger partial charge in [0.2, 0.25) is 0 Å². The first-order chi connectivity index (χ1) is 9.50. The van der Waals surface area contributed by atoms with Crippen molar-refractivity contribution in [2.75, 3.05) is 0 Å². The average Bonchev–Trinajstić information content (AvgIpc) is 2.73. The van der Waals surface area contributed by atoms with Gasteiger partial charge in [-0.2, -0.15) is 0 Å². The van der Waals surface area contributed by atoms with Crippen LogP contribution in [0.5, 0.6) is 0 Å². The van der Waals surface area contributed by atoms with Crippen molar-refractivity contribution >= 4 is 17.8 Å². The lowest BCUT2D eigenvalue weighted by Gasteiger charge is -2.00. The van der Waals surface area contributed by atoms with Crippen molar-refractivity contribution in [1.82, 2.24) is 4.98 Å². The maximum absolute atomic E-state index is 12.2. The molecule has 0 saturated heterocycles. The highest BCUT2D eigenvalue weighted by molar-refractivity contribution is 6.10. The molecule has 0 radical (unpaired) electrons. The molecule has 0 aliphatic rings. The van der Waals surface area contributed by atoms with Crippen LogP contribution in [0.25, 0.3) is 6.08 Å². The summed E-state index contributed by atoms with van der Waals surface area (Å²) in [6, 6.07) is 9.42. The van der Waals surface area contributed by atoms with Crippen LogP contribution in [0.2, 0.25) is 0 Å². The quantitative estimate of drug-likeness (QED) is 0.679. The molecule has 1 N–H and O–H groups in total. The molecule has 0 bridgehead atoms. The zero-order valence-electron chi connectivity index (χ0n) is 11.3. The zero-order valence-corrected chi connectivity index (χ0v) is 11.3. The van der Waals surface area contributed by atoms with Gasteiger partial charge in [-0.25, -0.2) is 0 Å². The number of carboxylic acid groups (broad SMARTS) is 1. The number of carboxylic acids is 1. The van der Waals surface area contributed by atoms with Gasteiger partial charge in [0.15, 0.2) is 5.78 Å². The Bertz CT molecular complexity index is 681. The summed E-state index contributed by atoms with van der Waals surface area (Å²) in [5, 5.41) is 10.9. The van der Waals surface area contributed by atoms with E-state index in [4.69, 9.17) is 0 Å². The van der Waals surface area contributed by atoms with E-state index >= 15 is 0 Å². The molecule has 0 saturated carbocycles. The number of carbonyl (C=O) groups is 2. The van der Waals surface area contributed by atoms with Crippen molar-refractivity contribution in [3.05, 3.63) is 64.5 Å². The molecule has 2 aromatic rings. The van der Waals surface area contributed by atoms with Crippen LogP contribution in [-0.4, -0.2) is 16.7 Å². The number of carbonyl (C=O) groups excluding carboxylic acids is 2. The third-order valence-corrected chi connectivity index (χ3v) is 3.11. The number of hydrogen-bond donors (Lipinski definition) is 1. The van der Waals surface area contributed by atoms with Crippen molar-refractivity contribution in [3.63, 3.8) is 0 Å². The van der Waals surface area contributed by atoms with Crippen molar-refractivity contribution in [2.24, 2.45) is 0 Å². The molecule has 0 amide bonds. The number of benzene rings is 1. The van der Waals surface area contributed by atoms with Gasteiger partial charge < -0.3 is 14.9 Å². The highest BCUT2D eigenvalue weighted by Crippen LogP contribution is 2.19. The van der Waals surface area contributed by atoms with Gasteiger partial charge in [0, 0.05) is 11.3 Å². The maximum Gasteiger partial charge on any atom is 0.187 e. The first kappa shape index (κ1) is 13.8. The monoisotopic (exact) mass is 268 g/mol. The first-order valence-electron chi connectivity index (χ1n) is 6.18. The summed E-state index contributed by atoms with van der Waals surface area (Å²) < 4.78 is 0. The summed E-state index contributed by atoms with van der Waals surface area (Å²) in [7, 11) is 0. The van der Waals surface area contributed by atoms with Gasteiger partial charge in [-0.3, -0.25) is 4.79 Å². The van der Waals surface area contributed by atoms with Gasteiger partial charge in [-0.05, 0) is 31.1 Å². The Kier molecular flexibility index (Phi) is 3.84. The third-order valence-electron chi connectivity index (χ3n) is 3.11. The van der Waals surface area contributed by atoms with E-state index in [0.29, 0.717) is 16.8 Å². The summed E-state index contributed by atoms with van der Waals surface area (Å²) >= 11 is 0. The molecule has 0 aliphatic heterocycles. The molecular formula is C16H14NO3-. The van der Waals surface area contributed by atoms with E-state index in [-0.39, 0.29) is 11.5 Å². The lowest BCUT2D eigenvalue weighted by atomic mass is 10.0. The molecule has 102 valence electrons. The average molecular weight is 268 g/mol. The highest BCUT2D eigenvalue weighted by Gasteiger charge is 2.16. The predicted molar refractivity (Wildman–Crippen MR) is 74.4 cm³/mol. The molecule has 1 aromatic carbocycles. The highest BCUT2D eigenvalue weighted by atomic mass is 16.4. The van der Waals surface area contributed by atoms with Crippen molar-refractivity contribution in [2.45, 2.75) is 13.8 Å². The summed E-state index contributed by atoms with van der Waals surface area (Å²) in [6.07, 6.45) is 3.14. The molecule has 0 aliphatic carbocycles. The largest absolute Gasteiger partial charge is 0.543 e. The van der Waals surface area contributed by atoms with E-state index in [9.17, 15) is 14.7 Å². The van der Waals surface area contributed by atoms with Gasteiger partial charge in [-0.15, -0.1) is 0 Å². The summed E-state index contributed by atoms with van der Waals surface area (Å²) in [6.45, 7) is 3.27. The minimum atomic E-state index is -1.31. The van der Waals surface area contributed by atoms with Crippen molar-refractivity contribution < 1.29 is 14.7 Å². The van der Waals surface area contributed by atoms with E-state index < -0.39 is 5.97 Å². The Morgan fingerprint density at radius 3 is 2.35 bits per heavy atom. The number of aromatic amines is 1. The summed E-state index contributed by atoms with van der Waals surface area (Å²) in [5.41, 5.74) is 2.19. The van der Waals surface area contributed by atoms with Crippen molar-refractivity contribution in [3.8, 4) is 0 Å². The Labute approximate surface area is 116 Å². The number of hydrogen-bond acceptors (Lipinski definition) is 3. The van der Waals surface area contributed by atoms with E-state index in [1.165, 1.54) is 6.08 Å². The number of rotatable bonds is 4. The van der Waals surface area contributed by atoms with E-state index in [1.54, 1.807) is 19.9 Å². The second-order valence-electron chi connectivity index (χ2n) is 4.52. The van der Waals surface area contributed by atoms with Crippen LogP contribution in [0.1, 0.15) is 37.7 Å². The van der Waals surface area contributed by atoms with E-state index in [1.807, 2.05) is 30.3 Å². The Morgan fingerprint density at radius 2 is 1.80 bits per heavy atom. The van der Waals surface area contributed by atoms with Crippen LogP contribution in [0, 0.1) is 13.8 Å². The van der Waals surface area contributed by atoms with Gasteiger partial charge in [-0.1, -0.05) is 36.4 Å². The fourth-order valence-electron chi connectivity index (χ4n) is 2.14. The van der Waals surface area contributed by atoms with E-state index in [2.05, 4.69) is 4.98 Å². The fraction of sp³-hybridized carbons (Fsp3) is 0.125. The van der Waals surface area contributed by atoms with Gasteiger partial charge in [0.25, 0.3) is 0 Å². The predicted octanol–water partition coefficient (Wildman–Crippen LogP) is 1.89. The fourth-order valence-corrected chi connectivity index (χ4v) is 2.14. The van der Waals surface area contributed by atoms with Crippen LogP contribution >= 0.6 is 0 Å². The third kappa shape index (κ3) is 2.69. The first-order valence-corrected chi connectivity index (χ1v) is 6.18. The number of aromatic carboxylic acids is 1. The zero-order chi connectivity index (χ0) is 14.7. The normalized spacial score (nSPS) is 10.9. The minimum Gasteiger partial charge on any atom is -0.543 e. The standard InChI is InChI=1S/C16H15NO3/c1-10-14(11(2)17-15(10)16(19)20)13(18)9-8-12-6-4-3-5-7-12/h3-9,17H,1-2H3,(H,19,20)/p-1/b9-8+. The lowest BCUT2D eigenvalue weighted by Crippen LogP contribution is -2.23. The van der Waals surface area contributed by atoms with E-state index in [0.717, 1.165) is 5.56 Å². The molecule has 1 aromatic heterocycles. The Morgan fingerprint density at radius 1 is 1.15 bits per heavy atom. The number of H-pyrrole nitrogens is 1. The minimum absolute atomic E-state index is 0.0426. The van der Waals surface area contributed by atoms with Crippen LogP contribution in [0.15, 0.2) is 36.4 Å². The molecule has 20 heavy (non-hydrogen) atoms. The molecule has 0 spiro atoms. The SMILES string of the molecule is Cc1[nH]c(C(=O)[O-])c(C)c1C(=O)/C=C/c1ccccc1. The number of aryl methyl sites for hydroxylation is 1.